The van der Waals surface area contributed by atoms with Gasteiger partial charge in [-0.2, -0.15) is 0 Å². The lowest BCUT2D eigenvalue weighted by atomic mass is 10.2. The number of amides is 1. The van der Waals surface area contributed by atoms with Gasteiger partial charge in [-0.3, -0.25) is 9.59 Å². The van der Waals surface area contributed by atoms with Gasteiger partial charge in [-0.1, -0.05) is 6.07 Å². The number of aromatic nitrogens is 5. The van der Waals surface area contributed by atoms with Crippen molar-refractivity contribution in [2.75, 3.05) is 6.54 Å². The first-order chi connectivity index (χ1) is 11.6. The lowest BCUT2D eigenvalue weighted by Crippen LogP contribution is -2.29. The van der Waals surface area contributed by atoms with Gasteiger partial charge in [0.15, 0.2) is 0 Å². The fourth-order valence-corrected chi connectivity index (χ4v) is 2.11. The number of nitrogens with zero attached hydrogens (tertiary/aromatic N) is 4. The summed E-state index contributed by atoms with van der Waals surface area (Å²) >= 11 is 0. The zero-order chi connectivity index (χ0) is 16.9. The molecular weight excluding hydrogens is 312 g/mol. The van der Waals surface area contributed by atoms with Gasteiger partial charge in [0, 0.05) is 23.9 Å². The second kappa shape index (κ2) is 6.84. The molecule has 1 aromatic carbocycles. The first-order valence-electron chi connectivity index (χ1n) is 7.12. The Labute approximate surface area is 136 Å². The van der Waals surface area contributed by atoms with Crippen molar-refractivity contribution < 1.29 is 9.90 Å². The Bertz CT molecular complexity index is 873. The van der Waals surface area contributed by atoms with Crippen molar-refractivity contribution in [1.29, 1.82) is 0 Å². The molecule has 0 radical (unpaired) electrons. The molecule has 9 heteroatoms. The topological polar surface area (TPSA) is 126 Å². The summed E-state index contributed by atoms with van der Waals surface area (Å²) in [4.78, 5) is 25.8. The highest BCUT2D eigenvalue weighted by Crippen LogP contribution is 2.09. The average Bonchev–Trinajstić information content (AvgIpc) is 3.14. The molecule has 2 aromatic heterocycles. The maximum Gasteiger partial charge on any atom is 0.251 e. The van der Waals surface area contributed by atoms with Crippen LogP contribution in [0.25, 0.3) is 5.69 Å². The minimum atomic E-state index is -0.997. The van der Waals surface area contributed by atoms with Crippen LogP contribution in [0.1, 0.15) is 22.2 Å². The summed E-state index contributed by atoms with van der Waals surface area (Å²) in [6, 6.07) is 11.1. The van der Waals surface area contributed by atoms with Gasteiger partial charge in [0.25, 0.3) is 5.91 Å². The van der Waals surface area contributed by atoms with Gasteiger partial charge in [-0.05, 0) is 40.8 Å². The van der Waals surface area contributed by atoms with E-state index >= 15 is 0 Å². The summed E-state index contributed by atoms with van der Waals surface area (Å²) in [5.41, 5.74) is 1.19. The number of benzene rings is 1. The number of aliphatic hydroxyl groups is 1. The molecular formula is C15H14N6O3. The highest BCUT2D eigenvalue weighted by atomic mass is 16.3. The Morgan fingerprint density at radius 1 is 1.25 bits per heavy atom. The van der Waals surface area contributed by atoms with Gasteiger partial charge in [0.2, 0.25) is 5.56 Å². The van der Waals surface area contributed by atoms with E-state index in [0.717, 1.165) is 5.69 Å². The first-order valence-corrected chi connectivity index (χ1v) is 7.12. The number of carbonyl (C=O) groups excluding carboxylic acids is 1. The number of aromatic amines is 1. The van der Waals surface area contributed by atoms with Crippen molar-refractivity contribution in [1.82, 2.24) is 30.5 Å². The minimum Gasteiger partial charge on any atom is -0.385 e. The lowest BCUT2D eigenvalue weighted by Gasteiger charge is -2.12. The number of hydrogen-bond acceptors (Lipinski definition) is 6. The molecule has 3 rings (SSSR count). The van der Waals surface area contributed by atoms with Gasteiger partial charge in [-0.15, -0.1) is 5.10 Å². The van der Waals surface area contributed by atoms with Crippen LogP contribution in [0.2, 0.25) is 0 Å². The Hall–Kier alpha value is -3.33. The molecule has 0 saturated carbocycles. The van der Waals surface area contributed by atoms with Crippen LogP contribution in [0.4, 0.5) is 0 Å². The summed E-state index contributed by atoms with van der Waals surface area (Å²) in [5, 5.41) is 23.4. The van der Waals surface area contributed by atoms with E-state index < -0.39 is 6.10 Å². The lowest BCUT2D eigenvalue weighted by molar-refractivity contribution is 0.0914. The molecule has 0 saturated heterocycles. The first kappa shape index (κ1) is 15.6. The number of aliphatic hydroxyl groups excluding tert-OH is 1. The summed E-state index contributed by atoms with van der Waals surface area (Å²) < 4.78 is 1.47. The Morgan fingerprint density at radius 3 is 2.71 bits per heavy atom. The largest absolute Gasteiger partial charge is 0.385 e. The number of rotatable bonds is 5. The van der Waals surface area contributed by atoms with Crippen LogP contribution >= 0.6 is 0 Å². The van der Waals surface area contributed by atoms with Crippen LogP contribution in [0, 0.1) is 0 Å². The molecule has 1 unspecified atom stereocenters. The zero-order valence-corrected chi connectivity index (χ0v) is 12.5. The number of H-pyrrole nitrogens is 1. The predicted molar refractivity (Wildman–Crippen MR) is 83.5 cm³/mol. The third-order valence-electron chi connectivity index (χ3n) is 3.35. The van der Waals surface area contributed by atoms with Crippen molar-refractivity contribution >= 4 is 5.91 Å². The van der Waals surface area contributed by atoms with Crippen LogP contribution in [0.15, 0.2) is 53.6 Å². The van der Waals surface area contributed by atoms with Gasteiger partial charge in [0.1, 0.15) is 12.4 Å². The fourth-order valence-electron chi connectivity index (χ4n) is 2.11. The highest BCUT2D eigenvalue weighted by molar-refractivity contribution is 5.94. The standard InChI is InChI=1S/C15H14N6O3/c22-13(12-2-1-3-14(23)18-12)8-16-15(24)10-4-6-11(7-5-10)21-9-17-19-20-21/h1-7,9,13,22H,8H2,(H,16,24)(H,18,23). The monoisotopic (exact) mass is 326 g/mol. The second-order valence-corrected chi connectivity index (χ2v) is 5.00. The zero-order valence-electron chi connectivity index (χ0n) is 12.5. The van der Waals surface area contributed by atoms with Crippen LogP contribution in [-0.4, -0.2) is 42.7 Å². The maximum absolute atomic E-state index is 12.1. The van der Waals surface area contributed by atoms with Crippen molar-refractivity contribution in [2.45, 2.75) is 6.10 Å². The van der Waals surface area contributed by atoms with E-state index in [2.05, 4.69) is 25.8 Å². The van der Waals surface area contributed by atoms with E-state index in [0.29, 0.717) is 11.3 Å². The summed E-state index contributed by atoms with van der Waals surface area (Å²) in [5.74, 6) is -0.337. The van der Waals surface area contributed by atoms with Gasteiger partial charge >= 0.3 is 0 Å². The molecule has 2 heterocycles. The van der Waals surface area contributed by atoms with E-state index in [9.17, 15) is 14.7 Å². The van der Waals surface area contributed by atoms with E-state index in [1.165, 1.54) is 23.1 Å². The van der Waals surface area contributed by atoms with Crippen molar-refractivity contribution in [3.63, 3.8) is 0 Å². The van der Waals surface area contributed by atoms with Gasteiger partial charge in [-0.25, -0.2) is 4.68 Å². The molecule has 0 aliphatic heterocycles. The van der Waals surface area contributed by atoms with E-state index in [1.54, 1.807) is 30.3 Å². The molecule has 3 aromatic rings. The summed E-state index contributed by atoms with van der Waals surface area (Å²) in [7, 11) is 0. The third kappa shape index (κ3) is 3.52. The average molecular weight is 326 g/mol. The maximum atomic E-state index is 12.1. The molecule has 122 valence electrons. The fraction of sp³-hybridized carbons (Fsp3) is 0.133. The number of tetrazole rings is 1. The van der Waals surface area contributed by atoms with E-state index in [-0.39, 0.29) is 18.0 Å². The van der Waals surface area contributed by atoms with Crippen molar-refractivity contribution in [3.05, 3.63) is 70.4 Å². The SMILES string of the molecule is O=C(NCC(O)c1cccc(=O)[nH]1)c1ccc(-n2cnnn2)cc1. The molecule has 1 amide bonds. The molecule has 3 N–H and O–H groups in total. The smallest absolute Gasteiger partial charge is 0.251 e. The molecule has 1 atom stereocenters. The van der Waals surface area contributed by atoms with Crippen LogP contribution in [-0.2, 0) is 0 Å². The molecule has 0 aliphatic rings. The van der Waals surface area contributed by atoms with Crippen molar-refractivity contribution in [3.8, 4) is 5.69 Å². The minimum absolute atomic E-state index is 0.0203. The van der Waals surface area contributed by atoms with Crippen LogP contribution < -0.4 is 10.9 Å². The highest BCUT2D eigenvalue weighted by Gasteiger charge is 2.11. The Morgan fingerprint density at radius 2 is 2.04 bits per heavy atom. The van der Waals surface area contributed by atoms with Gasteiger partial charge in [0.05, 0.1) is 5.69 Å². The van der Waals surface area contributed by atoms with Crippen LogP contribution in [0.5, 0.6) is 0 Å². The number of pyridine rings is 1. The Kier molecular flexibility index (Phi) is 4.43. The summed E-state index contributed by atoms with van der Waals surface area (Å²) in [6.07, 6.45) is 0.454. The van der Waals surface area contributed by atoms with Crippen LogP contribution in [0.3, 0.4) is 0 Å². The van der Waals surface area contributed by atoms with Crippen molar-refractivity contribution in [2.24, 2.45) is 0 Å². The third-order valence-corrected chi connectivity index (χ3v) is 3.35. The number of hydrogen-bond donors (Lipinski definition) is 3. The molecule has 0 spiro atoms. The predicted octanol–water partition coefficient (Wildman–Crippen LogP) is -0.186. The molecule has 24 heavy (non-hydrogen) atoms. The second-order valence-electron chi connectivity index (χ2n) is 5.00. The summed E-state index contributed by atoms with van der Waals surface area (Å²) in [6.45, 7) is -0.0203. The molecule has 0 aliphatic carbocycles. The van der Waals surface area contributed by atoms with E-state index in [1.807, 2.05) is 0 Å². The Balaban J connectivity index is 1.61. The van der Waals surface area contributed by atoms with Gasteiger partial charge < -0.3 is 15.4 Å². The van der Waals surface area contributed by atoms with E-state index in [4.69, 9.17) is 0 Å². The quantitative estimate of drug-likeness (QED) is 0.597. The number of carbonyl (C=O) groups is 1. The number of nitrogens with one attached hydrogen (secondary N) is 2. The molecule has 0 bridgehead atoms. The normalized spacial score (nSPS) is 11.9. The molecule has 9 nitrogen and oxygen atoms in total. The molecule has 0 fully saturated rings.